The fourth-order valence-corrected chi connectivity index (χ4v) is 2.27. The molecule has 0 bridgehead atoms. The number of carbonyl (C=O) groups excluding carboxylic acids is 2. The van der Waals surface area contributed by atoms with Crippen LogP contribution in [-0.2, 0) is 11.2 Å². The van der Waals surface area contributed by atoms with Gasteiger partial charge in [0.05, 0.1) is 18.4 Å². The Bertz CT molecular complexity index is 623. The third kappa shape index (κ3) is 5.04. The number of rotatable bonds is 6. The smallest absolute Gasteiger partial charge is 0.254 e. The highest BCUT2D eigenvalue weighted by molar-refractivity contribution is 9.10. The van der Waals surface area contributed by atoms with Crippen molar-refractivity contribution in [3.63, 3.8) is 0 Å². The van der Waals surface area contributed by atoms with Gasteiger partial charge in [-0.2, -0.15) is 0 Å². The molecular formula is C16H17BrN2O3. The van der Waals surface area contributed by atoms with E-state index in [4.69, 9.17) is 4.42 Å². The third-order valence-corrected chi connectivity index (χ3v) is 3.58. The number of carbonyl (C=O) groups is 2. The average molecular weight is 365 g/mol. The van der Waals surface area contributed by atoms with E-state index < -0.39 is 0 Å². The number of amides is 2. The molecule has 6 heteroatoms. The molecule has 22 heavy (non-hydrogen) atoms. The standard InChI is InChI=1S/C16H17BrN2O3/c1-11(8-12-2-4-14(17)5-3-12)19-15(20)9-18-16(21)13-6-7-22-10-13/h2-7,10-11H,8-9H2,1H3,(H,18,21)(H,19,20)/t11-/m0/s1. The SMILES string of the molecule is C[C@@H](Cc1ccc(Br)cc1)NC(=O)CNC(=O)c1ccoc1. The van der Waals surface area contributed by atoms with Crippen LogP contribution in [0.1, 0.15) is 22.8 Å². The van der Waals surface area contributed by atoms with Crippen LogP contribution in [0.2, 0.25) is 0 Å². The van der Waals surface area contributed by atoms with Crippen LogP contribution in [0.25, 0.3) is 0 Å². The number of furan rings is 1. The van der Waals surface area contributed by atoms with Crippen LogP contribution in [0.5, 0.6) is 0 Å². The molecule has 1 aromatic heterocycles. The Hall–Kier alpha value is -2.08. The highest BCUT2D eigenvalue weighted by Gasteiger charge is 2.11. The molecule has 0 fully saturated rings. The van der Waals surface area contributed by atoms with Gasteiger partial charge in [0.25, 0.3) is 5.91 Å². The van der Waals surface area contributed by atoms with E-state index in [2.05, 4.69) is 26.6 Å². The second-order valence-corrected chi connectivity index (χ2v) is 5.91. The molecule has 1 heterocycles. The lowest BCUT2D eigenvalue weighted by Crippen LogP contribution is -2.41. The monoisotopic (exact) mass is 364 g/mol. The van der Waals surface area contributed by atoms with Crippen LogP contribution in [0.15, 0.2) is 51.7 Å². The Kier molecular flexibility index (Phi) is 5.77. The van der Waals surface area contributed by atoms with Crippen molar-refractivity contribution >= 4 is 27.7 Å². The van der Waals surface area contributed by atoms with Crippen LogP contribution in [-0.4, -0.2) is 24.4 Å². The maximum absolute atomic E-state index is 11.8. The quantitative estimate of drug-likeness (QED) is 0.827. The molecule has 2 rings (SSSR count). The number of hydrogen-bond donors (Lipinski definition) is 2. The molecule has 0 aliphatic heterocycles. The fraction of sp³-hybridized carbons (Fsp3) is 0.250. The average Bonchev–Trinajstić information content (AvgIpc) is 3.01. The van der Waals surface area contributed by atoms with Crippen LogP contribution >= 0.6 is 15.9 Å². The predicted molar refractivity (Wildman–Crippen MR) is 86.5 cm³/mol. The van der Waals surface area contributed by atoms with E-state index >= 15 is 0 Å². The number of nitrogens with one attached hydrogen (secondary N) is 2. The summed E-state index contributed by atoms with van der Waals surface area (Å²) in [5, 5.41) is 5.40. The summed E-state index contributed by atoms with van der Waals surface area (Å²) in [6.07, 6.45) is 3.48. The minimum atomic E-state index is -0.329. The van der Waals surface area contributed by atoms with Crippen LogP contribution < -0.4 is 10.6 Å². The van der Waals surface area contributed by atoms with Crippen molar-refractivity contribution in [1.82, 2.24) is 10.6 Å². The number of benzene rings is 1. The predicted octanol–water partition coefficient (Wildman–Crippen LogP) is 2.52. The Morgan fingerprint density at radius 1 is 1.23 bits per heavy atom. The fourth-order valence-electron chi connectivity index (χ4n) is 2.01. The molecule has 0 unspecified atom stereocenters. The molecule has 2 N–H and O–H groups in total. The lowest BCUT2D eigenvalue weighted by Gasteiger charge is -2.14. The van der Waals surface area contributed by atoms with Gasteiger partial charge in [-0.05, 0) is 37.1 Å². The number of hydrogen-bond acceptors (Lipinski definition) is 3. The maximum Gasteiger partial charge on any atom is 0.254 e. The molecule has 0 aliphatic carbocycles. The van der Waals surface area contributed by atoms with Gasteiger partial charge in [-0.15, -0.1) is 0 Å². The first-order chi connectivity index (χ1) is 10.5. The van der Waals surface area contributed by atoms with Gasteiger partial charge in [0.15, 0.2) is 0 Å². The molecule has 0 saturated carbocycles. The molecule has 0 spiro atoms. The maximum atomic E-state index is 11.8. The third-order valence-electron chi connectivity index (χ3n) is 3.06. The Morgan fingerprint density at radius 2 is 1.95 bits per heavy atom. The molecule has 0 radical (unpaired) electrons. The highest BCUT2D eigenvalue weighted by atomic mass is 79.9. The lowest BCUT2D eigenvalue weighted by molar-refractivity contribution is -0.120. The van der Waals surface area contributed by atoms with E-state index in [1.807, 2.05) is 31.2 Å². The molecule has 0 aliphatic rings. The molecule has 2 aromatic rings. The summed E-state index contributed by atoms with van der Waals surface area (Å²) in [6, 6.07) is 9.48. The van der Waals surface area contributed by atoms with Gasteiger partial charge in [-0.1, -0.05) is 28.1 Å². The molecule has 5 nitrogen and oxygen atoms in total. The van der Waals surface area contributed by atoms with Crippen LogP contribution in [0, 0.1) is 0 Å². The van der Waals surface area contributed by atoms with Crippen molar-refractivity contribution in [2.75, 3.05) is 6.54 Å². The van der Waals surface area contributed by atoms with Gasteiger partial charge in [-0.25, -0.2) is 0 Å². The van der Waals surface area contributed by atoms with Crippen molar-refractivity contribution < 1.29 is 14.0 Å². The minimum absolute atomic E-state index is 0.0143. The van der Waals surface area contributed by atoms with Gasteiger partial charge >= 0.3 is 0 Å². The van der Waals surface area contributed by atoms with E-state index in [1.54, 1.807) is 6.07 Å². The summed E-state index contributed by atoms with van der Waals surface area (Å²) in [5.41, 5.74) is 1.54. The van der Waals surface area contributed by atoms with E-state index in [1.165, 1.54) is 12.5 Å². The van der Waals surface area contributed by atoms with Gasteiger partial charge in [0, 0.05) is 10.5 Å². The first-order valence-corrected chi connectivity index (χ1v) is 7.68. The van der Waals surface area contributed by atoms with Gasteiger partial charge in [0.2, 0.25) is 5.91 Å². The second-order valence-electron chi connectivity index (χ2n) is 4.99. The summed E-state index contributed by atoms with van der Waals surface area (Å²) in [6.45, 7) is 1.87. The number of halogens is 1. The largest absolute Gasteiger partial charge is 0.472 e. The lowest BCUT2D eigenvalue weighted by atomic mass is 10.1. The van der Waals surface area contributed by atoms with Crippen molar-refractivity contribution in [3.05, 3.63) is 58.5 Å². The van der Waals surface area contributed by atoms with Crippen molar-refractivity contribution in [3.8, 4) is 0 Å². The van der Waals surface area contributed by atoms with Gasteiger partial charge in [0.1, 0.15) is 6.26 Å². The van der Waals surface area contributed by atoms with Crippen LogP contribution in [0.3, 0.4) is 0 Å². The zero-order valence-corrected chi connectivity index (χ0v) is 13.7. The van der Waals surface area contributed by atoms with E-state index in [0.717, 1.165) is 16.5 Å². The molecule has 1 atom stereocenters. The zero-order chi connectivity index (χ0) is 15.9. The molecule has 116 valence electrons. The Labute approximate surface area is 137 Å². The van der Waals surface area contributed by atoms with Crippen LogP contribution in [0.4, 0.5) is 0 Å². The second kappa shape index (κ2) is 7.79. The zero-order valence-electron chi connectivity index (χ0n) is 12.1. The van der Waals surface area contributed by atoms with Crippen molar-refractivity contribution in [1.29, 1.82) is 0 Å². The Morgan fingerprint density at radius 3 is 2.59 bits per heavy atom. The first-order valence-electron chi connectivity index (χ1n) is 6.89. The summed E-state index contributed by atoms with van der Waals surface area (Å²) in [7, 11) is 0. The summed E-state index contributed by atoms with van der Waals surface area (Å²) in [4.78, 5) is 23.5. The van der Waals surface area contributed by atoms with E-state index in [9.17, 15) is 9.59 Å². The molecular weight excluding hydrogens is 348 g/mol. The van der Waals surface area contributed by atoms with E-state index in [0.29, 0.717) is 5.56 Å². The molecule has 2 amide bonds. The molecule has 1 aromatic carbocycles. The first kappa shape index (κ1) is 16.3. The topological polar surface area (TPSA) is 71.3 Å². The summed E-state index contributed by atoms with van der Waals surface area (Å²) >= 11 is 3.39. The normalized spacial score (nSPS) is 11.7. The van der Waals surface area contributed by atoms with E-state index in [-0.39, 0.29) is 24.4 Å². The van der Waals surface area contributed by atoms with Gasteiger partial charge in [-0.3, -0.25) is 9.59 Å². The van der Waals surface area contributed by atoms with Gasteiger partial charge < -0.3 is 15.1 Å². The minimum Gasteiger partial charge on any atom is -0.472 e. The molecule has 0 saturated heterocycles. The Balaban J connectivity index is 1.74. The summed E-state index contributed by atoms with van der Waals surface area (Å²) < 4.78 is 5.84. The van der Waals surface area contributed by atoms with Crippen molar-refractivity contribution in [2.24, 2.45) is 0 Å². The van der Waals surface area contributed by atoms with Crippen molar-refractivity contribution in [2.45, 2.75) is 19.4 Å². The highest BCUT2D eigenvalue weighted by Crippen LogP contribution is 2.11. The summed E-state index contributed by atoms with van der Waals surface area (Å²) in [5.74, 6) is -0.550.